The second-order valence-electron chi connectivity index (χ2n) is 7.32. The Labute approximate surface area is 174 Å². The Balaban J connectivity index is 1.74. The van der Waals surface area contributed by atoms with Gasteiger partial charge >= 0.3 is 0 Å². The number of rotatable bonds is 5. The van der Waals surface area contributed by atoms with Gasteiger partial charge in [0, 0.05) is 18.4 Å². The molecule has 0 saturated carbocycles. The number of ether oxygens (including phenoxy) is 1. The lowest BCUT2D eigenvalue weighted by molar-refractivity contribution is 0.0917. The quantitative estimate of drug-likeness (QED) is 0.615. The highest BCUT2D eigenvalue weighted by Gasteiger charge is 2.27. The summed E-state index contributed by atoms with van der Waals surface area (Å²) in [5, 5.41) is 0.593. The van der Waals surface area contributed by atoms with Crippen LogP contribution in [0.5, 0.6) is 0 Å². The minimum atomic E-state index is -3.41. The summed E-state index contributed by atoms with van der Waals surface area (Å²) in [7, 11) is -3.41. The third-order valence-electron chi connectivity index (χ3n) is 4.93. The number of carbonyl (C=O) groups is 1. The number of nitrogens with zero attached hydrogens (tertiary/aromatic N) is 2. The zero-order chi connectivity index (χ0) is 20.6. The van der Waals surface area contributed by atoms with Crippen molar-refractivity contribution >= 4 is 42.4 Å². The average molecular weight is 431 g/mol. The summed E-state index contributed by atoms with van der Waals surface area (Å²) < 4.78 is 30.6. The standard InChI is InChI=1S/C21H22N2O4S2/c1-14-8-9-18-19(11-14)28-21(22-18)23(13-16-6-4-10-27-16)20(24)15-5-3-7-17(12-15)29(2,25)26/h3,5,7-9,11-12,16H,4,6,10,13H2,1-2H3. The Bertz CT molecular complexity index is 1160. The first-order chi connectivity index (χ1) is 13.8. The second-order valence-corrected chi connectivity index (χ2v) is 10.3. The molecule has 2 heterocycles. The molecule has 6 nitrogen and oxygen atoms in total. The average Bonchev–Trinajstić information content (AvgIpc) is 3.34. The molecule has 1 aromatic heterocycles. The molecule has 1 amide bonds. The largest absolute Gasteiger partial charge is 0.376 e. The van der Waals surface area contributed by atoms with E-state index in [-0.39, 0.29) is 16.9 Å². The van der Waals surface area contributed by atoms with Crippen LogP contribution in [0.1, 0.15) is 28.8 Å². The number of aryl methyl sites for hydroxylation is 1. The van der Waals surface area contributed by atoms with Crippen molar-refractivity contribution in [2.24, 2.45) is 0 Å². The van der Waals surface area contributed by atoms with Gasteiger partial charge in [-0.1, -0.05) is 23.5 Å². The first kappa shape index (κ1) is 20.0. The summed E-state index contributed by atoms with van der Waals surface area (Å²) in [6, 6.07) is 12.1. The van der Waals surface area contributed by atoms with E-state index in [1.807, 2.05) is 19.1 Å². The summed E-state index contributed by atoms with van der Waals surface area (Å²) >= 11 is 1.46. The van der Waals surface area contributed by atoms with E-state index in [0.29, 0.717) is 23.8 Å². The maximum absolute atomic E-state index is 13.4. The Morgan fingerprint density at radius 3 is 2.83 bits per heavy atom. The molecule has 8 heteroatoms. The Kier molecular flexibility index (Phi) is 5.42. The molecule has 1 aliphatic heterocycles. The van der Waals surface area contributed by atoms with E-state index < -0.39 is 9.84 Å². The molecule has 0 aliphatic carbocycles. The first-order valence-corrected chi connectivity index (χ1v) is 12.1. The van der Waals surface area contributed by atoms with Crippen LogP contribution in [0.25, 0.3) is 10.2 Å². The number of fused-ring (bicyclic) bond motifs is 1. The number of amides is 1. The van der Waals surface area contributed by atoms with Gasteiger partial charge in [0.2, 0.25) is 0 Å². The first-order valence-electron chi connectivity index (χ1n) is 9.42. The highest BCUT2D eigenvalue weighted by Crippen LogP contribution is 2.31. The lowest BCUT2D eigenvalue weighted by Gasteiger charge is -2.23. The molecule has 0 radical (unpaired) electrons. The molecular formula is C21H22N2O4S2. The van der Waals surface area contributed by atoms with Crippen molar-refractivity contribution in [1.82, 2.24) is 4.98 Å². The molecule has 3 aromatic rings. The number of thiazole rings is 1. The zero-order valence-electron chi connectivity index (χ0n) is 16.3. The van der Waals surface area contributed by atoms with E-state index in [1.165, 1.54) is 23.5 Å². The van der Waals surface area contributed by atoms with E-state index >= 15 is 0 Å². The van der Waals surface area contributed by atoms with Crippen LogP contribution in [0.15, 0.2) is 47.4 Å². The summed E-state index contributed by atoms with van der Waals surface area (Å²) in [5.74, 6) is -0.276. The van der Waals surface area contributed by atoms with Crippen LogP contribution in [0, 0.1) is 6.92 Å². The zero-order valence-corrected chi connectivity index (χ0v) is 17.9. The molecular weight excluding hydrogens is 408 g/mol. The maximum Gasteiger partial charge on any atom is 0.260 e. The van der Waals surface area contributed by atoms with Crippen molar-refractivity contribution < 1.29 is 17.9 Å². The minimum absolute atomic E-state index is 0.0502. The van der Waals surface area contributed by atoms with Crippen molar-refractivity contribution in [3.05, 3.63) is 53.6 Å². The molecule has 2 aromatic carbocycles. The van der Waals surface area contributed by atoms with Crippen LogP contribution in [-0.2, 0) is 14.6 Å². The summed E-state index contributed by atoms with van der Waals surface area (Å²) in [4.78, 5) is 19.8. The van der Waals surface area contributed by atoms with E-state index in [0.717, 1.165) is 34.9 Å². The van der Waals surface area contributed by atoms with Gasteiger partial charge in [-0.3, -0.25) is 9.69 Å². The number of sulfone groups is 1. The van der Waals surface area contributed by atoms with Crippen molar-refractivity contribution in [2.75, 3.05) is 24.3 Å². The van der Waals surface area contributed by atoms with Gasteiger partial charge < -0.3 is 4.74 Å². The fourth-order valence-corrected chi connectivity index (χ4v) is 5.13. The molecule has 0 bridgehead atoms. The number of carbonyl (C=O) groups excluding carboxylic acids is 1. The van der Waals surface area contributed by atoms with Crippen LogP contribution in [0.3, 0.4) is 0 Å². The molecule has 0 spiro atoms. The SMILES string of the molecule is Cc1ccc2nc(N(CC3CCCO3)C(=O)c3cccc(S(C)(=O)=O)c3)sc2c1. The van der Waals surface area contributed by atoms with Gasteiger partial charge in [-0.2, -0.15) is 0 Å². The van der Waals surface area contributed by atoms with Gasteiger partial charge in [0.05, 0.1) is 27.8 Å². The predicted molar refractivity (Wildman–Crippen MR) is 115 cm³/mol. The number of benzene rings is 2. The Morgan fingerprint density at radius 1 is 1.28 bits per heavy atom. The fraction of sp³-hybridized carbons (Fsp3) is 0.333. The smallest absolute Gasteiger partial charge is 0.260 e. The van der Waals surface area contributed by atoms with Gasteiger partial charge in [0.1, 0.15) is 0 Å². The number of anilines is 1. The lowest BCUT2D eigenvalue weighted by atomic mass is 10.2. The van der Waals surface area contributed by atoms with Gasteiger partial charge in [-0.05, 0) is 55.7 Å². The van der Waals surface area contributed by atoms with Crippen molar-refractivity contribution in [2.45, 2.75) is 30.8 Å². The molecule has 1 fully saturated rings. The number of aromatic nitrogens is 1. The number of hydrogen-bond donors (Lipinski definition) is 0. The fourth-order valence-electron chi connectivity index (χ4n) is 3.39. The normalized spacial score (nSPS) is 17.0. The third-order valence-corrected chi connectivity index (χ3v) is 7.08. The maximum atomic E-state index is 13.4. The molecule has 1 saturated heterocycles. The molecule has 29 heavy (non-hydrogen) atoms. The molecule has 4 rings (SSSR count). The highest BCUT2D eigenvalue weighted by molar-refractivity contribution is 7.90. The monoisotopic (exact) mass is 430 g/mol. The Hall–Kier alpha value is -2.29. The van der Waals surface area contributed by atoms with Crippen LogP contribution >= 0.6 is 11.3 Å². The summed E-state index contributed by atoms with van der Waals surface area (Å²) in [6.45, 7) is 3.10. The predicted octanol–water partition coefficient (Wildman–Crippen LogP) is 3.83. The molecule has 152 valence electrons. The van der Waals surface area contributed by atoms with E-state index in [4.69, 9.17) is 4.74 Å². The van der Waals surface area contributed by atoms with Crippen LogP contribution in [0.2, 0.25) is 0 Å². The van der Waals surface area contributed by atoms with Crippen LogP contribution in [-0.4, -0.2) is 44.8 Å². The number of hydrogen-bond acceptors (Lipinski definition) is 6. The van der Waals surface area contributed by atoms with Crippen LogP contribution < -0.4 is 4.90 Å². The van der Waals surface area contributed by atoms with Crippen LogP contribution in [0.4, 0.5) is 5.13 Å². The lowest BCUT2D eigenvalue weighted by Crippen LogP contribution is -2.37. The van der Waals surface area contributed by atoms with Gasteiger partial charge in [0.15, 0.2) is 15.0 Å². The Morgan fingerprint density at radius 2 is 2.10 bits per heavy atom. The van der Waals surface area contributed by atoms with Crippen molar-refractivity contribution in [3.63, 3.8) is 0 Å². The molecule has 1 unspecified atom stereocenters. The minimum Gasteiger partial charge on any atom is -0.376 e. The highest BCUT2D eigenvalue weighted by atomic mass is 32.2. The third kappa shape index (κ3) is 4.34. The topological polar surface area (TPSA) is 76.6 Å². The van der Waals surface area contributed by atoms with E-state index in [9.17, 15) is 13.2 Å². The summed E-state index contributed by atoms with van der Waals surface area (Å²) in [5.41, 5.74) is 2.29. The van der Waals surface area contributed by atoms with Gasteiger partial charge in [-0.25, -0.2) is 13.4 Å². The molecule has 1 aliphatic rings. The van der Waals surface area contributed by atoms with Gasteiger partial charge in [0.25, 0.3) is 5.91 Å². The van der Waals surface area contributed by atoms with E-state index in [1.54, 1.807) is 17.0 Å². The van der Waals surface area contributed by atoms with Gasteiger partial charge in [-0.15, -0.1) is 0 Å². The van der Waals surface area contributed by atoms with E-state index in [2.05, 4.69) is 11.1 Å². The van der Waals surface area contributed by atoms with Crippen molar-refractivity contribution in [1.29, 1.82) is 0 Å². The van der Waals surface area contributed by atoms with Crippen molar-refractivity contribution in [3.8, 4) is 0 Å². The summed E-state index contributed by atoms with van der Waals surface area (Å²) in [6.07, 6.45) is 2.94. The molecule has 0 N–H and O–H groups in total. The second kappa shape index (κ2) is 7.85. The molecule has 1 atom stereocenters.